The Kier molecular flexibility index (Phi) is 3.64. The maximum Gasteiger partial charge on any atom is 0.319 e. The highest BCUT2D eigenvalue weighted by molar-refractivity contribution is 5.89. The van der Waals surface area contributed by atoms with E-state index in [9.17, 15) is 4.79 Å². The van der Waals surface area contributed by atoms with Crippen LogP contribution in [0.4, 0.5) is 10.5 Å². The van der Waals surface area contributed by atoms with E-state index in [2.05, 4.69) is 22.9 Å². The molecule has 3 N–H and O–H groups in total. The minimum atomic E-state index is -0.130. The van der Waals surface area contributed by atoms with Crippen LogP contribution in [0.5, 0.6) is 0 Å². The van der Waals surface area contributed by atoms with Crippen molar-refractivity contribution in [1.29, 1.82) is 0 Å². The molecule has 2 unspecified atom stereocenters. The van der Waals surface area contributed by atoms with Crippen LogP contribution in [-0.2, 0) is 0 Å². The summed E-state index contributed by atoms with van der Waals surface area (Å²) in [6.45, 7) is 5.98. The molecule has 1 aliphatic heterocycles. The summed E-state index contributed by atoms with van der Waals surface area (Å²) < 4.78 is 0. The van der Waals surface area contributed by atoms with E-state index in [0.717, 1.165) is 18.8 Å². The van der Waals surface area contributed by atoms with Crippen molar-refractivity contribution >= 4 is 11.7 Å². The Balaban J connectivity index is 1.86. The average Bonchev–Trinajstić information content (AvgIpc) is 2.68. The van der Waals surface area contributed by atoms with E-state index in [1.807, 2.05) is 31.2 Å². The summed E-state index contributed by atoms with van der Waals surface area (Å²) >= 11 is 0. The van der Waals surface area contributed by atoms with Gasteiger partial charge in [-0.25, -0.2) is 4.79 Å². The molecule has 0 aromatic heterocycles. The molecule has 2 atom stereocenters. The molecule has 1 heterocycles. The van der Waals surface area contributed by atoms with Crippen molar-refractivity contribution in [3.05, 3.63) is 29.8 Å². The van der Waals surface area contributed by atoms with E-state index in [-0.39, 0.29) is 12.1 Å². The molecule has 17 heavy (non-hydrogen) atoms. The predicted molar refractivity (Wildman–Crippen MR) is 69.2 cm³/mol. The Labute approximate surface area is 102 Å². The third-order valence-electron chi connectivity index (χ3n) is 3.14. The number of carbonyl (C=O) groups excluding carboxylic acids is 1. The summed E-state index contributed by atoms with van der Waals surface area (Å²) in [7, 11) is 0. The molecule has 92 valence electrons. The summed E-state index contributed by atoms with van der Waals surface area (Å²) in [6, 6.07) is 7.87. The zero-order valence-electron chi connectivity index (χ0n) is 10.3. The molecule has 2 rings (SSSR count). The second-order valence-corrected chi connectivity index (χ2v) is 4.71. The van der Waals surface area contributed by atoms with Crippen LogP contribution in [-0.4, -0.2) is 25.2 Å². The first-order valence-corrected chi connectivity index (χ1v) is 6.00. The second-order valence-electron chi connectivity index (χ2n) is 4.71. The number of hydrogen-bond acceptors (Lipinski definition) is 2. The first-order valence-electron chi connectivity index (χ1n) is 6.00. The number of rotatable bonds is 2. The Bertz CT molecular complexity index is 388. The molecular weight excluding hydrogens is 214 g/mol. The summed E-state index contributed by atoms with van der Waals surface area (Å²) in [5, 5.41) is 9.07. The van der Waals surface area contributed by atoms with Crippen molar-refractivity contribution in [3.63, 3.8) is 0 Å². The molecule has 0 saturated carbocycles. The van der Waals surface area contributed by atoms with Gasteiger partial charge in [-0.05, 0) is 31.5 Å². The number of hydrogen-bond donors (Lipinski definition) is 3. The van der Waals surface area contributed by atoms with Crippen LogP contribution in [0.2, 0.25) is 0 Å². The van der Waals surface area contributed by atoms with Crippen molar-refractivity contribution in [2.24, 2.45) is 5.92 Å². The second kappa shape index (κ2) is 5.19. The lowest BCUT2D eigenvalue weighted by Crippen LogP contribution is -2.41. The van der Waals surface area contributed by atoms with Gasteiger partial charge in [-0.15, -0.1) is 0 Å². The fourth-order valence-electron chi connectivity index (χ4n) is 1.98. The van der Waals surface area contributed by atoms with Crippen LogP contribution in [0.15, 0.2) is 24.3 Å². The highest BCUT2D eigenvalue weighted by atomic mass is 16.2. The molecular formula is C13H19N3O. The van der Waals surface area contributed by atoms with E-state index in [1.165, 1.54) is 5.56 Å². The molecule has 2 amide bonds. The lowest BCUT2D eigenvalue weighted by atomic mass is 10.1. The quantitative estimate of drug-likeness (QED) is 0.728. The van der Waals surface area contributed by atoms with Gasteiger partial charge in [0.05, 0.1) is 0 Å². The molecule has 0 bridgehead atoms. The van der Waals surface area contributed by atoms with Crippen molar-refractivity contribution in [3.8, 4) is 0 Å². The summed E-state index contributed by atoms with van der Waals surface area (Å²) in [5.74, 6) is 0.485. The normalized spacial score (nSPS) is 23.4. The molecule has 4 heteroatoms. The van der Waals surface area contributed by atoms with Crippen molar-refractivity contribution in [1.82, 2.24) is 10.6 Å². The summed E-state index contributed by atoms with van der Waals surface area (Å²) in [4.78, 5) is 11.7. The van der Waals surface area contributed by atoms with Crippen LogP contribution < -0.4 is 16.0 Å². The Morgan fingerprint density at radius 3 is 2.59 bits per heavy atom. The van der Waals surface area contributed by atoms with Crippen LogP contribution in [0, 0.1) is 12.8 Å². The highest BCUT2D eigenvalue weighted by Gasteiger charge is 2.24. The van der Waals surface area contributed by atoms with Crippen LogP contribution in [0.1, 0.15) is 12.5 Å². The van der Waals surface area contributed by atoms with Crippen LogP contribution in [0.3, 0.4) is 0 Å². The molecule has 0 spiro atoms. The first kappa shape index (κ1) is 11.9. The number of urea groups is 1. The number of aryl methyl sites for hydroxylation is 1. The first-order chi connectivity index (χ1) is 8.15. The number of carbonyl (C=O) groups is 1. The Morgan fingerprint density at radius 2 is 2.00 bits per heavy atom. The monoisotopic (exact) mass is 233 g/mol. The number of benzene rings is 1. The summed E-state index contributed by atoms with van der Waals surface area (Å²) in [6.07, 6.45) is 0. The smallest absolute Gasteiger partial charge is 0.319 e. The minimum Gasteiger partial charge on any atom is -0.334 e. The molecule has 0 aliphatic carbocycles. The fourth-order valence-corrected chi connectivity index (χ4v) is 1.98. The van der Waals surface area contributed by atoms with E-state index in [4.69, 9.17) is 0 Å². The average molecular weight is 233 g/mol. The number of amides is 2. The predicted octanol–water partition coefficient (Wildman–Crippen LogP) is 1.72. The fraction of sp³-hybridized carbons (Fsp3) is 0.462. The molecule has 1 aromatic carbocycles. The van der Waals surface area contributed by atoms with Gasteiger partial charge < -0.3 is 16.0 Å². The van der Waals surface area contributed by atoms with Gasteiger partial charge in [0.25, 0.3) is 0 Å². The maximum absolute atomic E-state index is 11.7. The lowest BCUT2D eigenvalue weighted by Gasteiger charge is -2.16. The third-order valence-corrected chi connectivity index (χ3v) is 3.14. The van der Waals surface area contributed by atoms with E-state index >= 15 is 0 Å². The third kappa shape index (κ3) is 3.20. The highest BCUT2D eigenvalue weighted by Crippen LogP contribution is 2.10. The Morgan fingerprint density at radius 1 is 1.29 bits per heavy atom. The molecule has 1 fully saturated rings. The van der Waals surface area contributed by atoms with Gasteiger partial charge >= 0.3 is 6.03 Å². The van der Waals surface area contributed by atoms with Crippen molar-refractivity contribution < 1.29 is 4.79 Å². The summed E-state index contributed by atoms with van der Waals surface area (Å²) in [5.41, 5.74) is 2.01. The van der Waals surface area contributed by atoms with Gasteiger partial charge in [-0.1, -0.05) is 24.6 Å². The topological polar surface area (TPSA) is 53.2 Å². The zero-order valence-corrected chi connectivity index (χ0v) is 10.3. The molecule has 0 radical (unpaired) electrons. The minimum absolute atomic E-state index is 0.130. The van der Waals surface area contributed by atoms with E-state index in [0.29, 0.717) is 5.92 Å². The SMILES string of the molecule is Cc1ccc(NC(=O)NC2CNCC2C)cc1. The van der Waals surface area contributed by atoms with Crippen molar-refractivity contribution in [2.75, 3.05) is 18.4 Å². The van der Waals surface area contributed by atoms with Crippen molar-refractivity contribution in [2.45, 2.75) is 19.9 Å². The van der Waals surface area contributed by atoms with Crippen LogP contribution >= 0.6 is 0 Å². The largest absolute Gasteiger partial charge is 0.334 e. The molecule has 1 aliphatic rings. The van der Waals surface area contributed by atoms with Gasteiger partial charge in [0.15, 0.2) is 0 Å². The van der Waals surface area contributed by atoms with Gasteiger partial charge in [0.1, 0.15) is 0 Å². The number of nitrogens with one attached hydrogen (secondary N) is 3. The standard InChI is InChI=1S/C13H19N3O/c1-9-3-5-11(6-4-9)15-13(17)16-12-8-14-7-10(12)2/h3-6,10,12,14H,7-8H2,1-2H3,(H2,15,16,17). The van der Waals surface area contributed by atoms with Gasteiger partial charge in [0, 0.05) is 18.3 Å². The van der Waals surface area contributed by atoms with E-state index in [1.54, 1.807) is 0 Å². The molecule has 1 saturated heterocycles. The molecule has 1 aromatic rings. The van der Waals surface area contributed by atoms with Crippen LogP contribution in [0.25, 0.3) is 0 Å². The lowest BCUT2D eigenvalue weighted by molar-refractivity contribution is 0.247. The zero-order chi connectivity index (χ0) is 12.3. The van der Waals surface area contributed by atoms with E-state index < -0.39 is 0 Å². The molecule has 4 nitrogen and oxygen atoms in total. The maximum atomic E-state index is 11.7. The number of anilines is 1. The van der Waals surface area contributed by atoms with Gasteiger partial charge in [-0.3, -0.25) is 0 Å². The Hall–Kier alpha value is -1.55. The van der Waals surface area contributed by atoms with Gasteiger partial charge in [-0.2, -0.15) is 0 Å². The van der Waals surface area contributed by atoms with Gasteiger partial charge in [0.2, 0.25) is 0 Å².